The first-order chi connectivity index (χ1) is 16.8. The Balaban J connectivity index is 0.000000538. The molecule has 1 aromatic carbocycles. The average Bonchev–Trinajstić information content (AvgIpc) is 3.23. The highest BCUT2D eigenvalue weighted by Crippen LogP contribution is 2.28. The van der Waals surface area contributed by atoms with Crippen molar-refractivity contribution in [1.82, 2.24) is 19.7 Å². The van der Waals surface area contributed by atoms with Gasteiger partial charge in [0.1, 0.15) is 5.69 Å². The molecule has 1 saturated carbocycles. The fourth-order valence-electron chi connectivity index (χ4n) is 3.93. The number of amides is 1. The van der Waals surface area contributed by atoms with Crippen molar-refractivity contribution in [2.75, 3.05) is 12.0 Å². The minimum atomic E-state index is -4.64. The van der Waals surface area contributed by atoms with Crippen LogP contribution in [-0.2, 0) is 14.6 Å². The third-order valence-electron chi connectivity index (χ3n) is 5.74. The Labute approximate surface area is 205 Å². The van der Waals surface area contributed by atoms with Gasteiger partial charge < -0.3 is 11.1 Å². The van der Waals surface area contributed by atoms with Crippen LogP contribution in [0.4, 0.5) is 19.0 Å². The molecule has 0 saturated heterocycles. The maximum absolute atomic E-state index is 12.8. The molecule has 194 valence electrons. The van der Waals surface area contributed by atoms with Crippen molar-refractivity contribution < 1.29 is 31.2 Å². The van der Waals surface area contributed by atoms with Gasteiger partial charge in [-0.25, -0.2) is 18.4 Å². The number of nitrogens with two attached hydrogens (primary N) is 1. The number of aldehydes is 1. The Morgan fingerprint density at radius 1 is 1.22 bits per heavy atom. The van der Waals surface area contributed by atoms with Gasteiger partial charge in [0.15, 0.2) is 21.3 Å². The van der Waals surface area contributed by atoms with E-state index in [1.54, 1.807) is 35.0 Å². The van der Waals surface area contributed by atoms with E-state index in [1.165, 1.54) is 12.7 Å². The Kier molecular flexibility index (Phi) is 8.02. The second-order valence-electron chi connectivity index (χ2n) is 8.57. The molecule has 9 nitrogen and oxygen atoms in total. The average molecular weight is 526 g/mol. The molecule has 1 fully saturated rings. The fraction of sp³-hybridized carbons (Fsp3) is 0.391. The number of rotatable bonds is 4. The lowest BCUT2D eigenvalue weighted by atomic mass is 9.95. The summed E-state index contributed by atoms with van der Waals surface area (Å²) in [4.78, 5) is 30.3. The Morgan fingerprint density at radius 2 is 1.86 bits per heavy atom. The molecule has 1 amide bonds. The fourth-order valence-corrected chi connectivity index (χ4v) is 4.58. The lowest BCUT2D eigenvalue weighted by molar-refractivity contribution is -0.156. The van der Waals surface area contributed by atoms with Gasteiger partial charge in [-0.2, -0.15) is 13.2 Å². The summed E-state index contributed by atoms with van der Waals surface area (Å²) in [6.07, 6.45) is 4.06. The SMILES string of the molecule is Cc1ccc(S(C)(=O)=O)cc1-c1cnc2c(N)nc(C(=O)NC3CCCCC3)cn12.O=CC(F)(F)F. The number of fused-ring (bicyclic) bond motifs is 1. The summed E-state index contributed by atoms with van der Waals surface area (Å²) < 4.78 is 57.0. The summed E-state index contributed by atoms with van der Waals surface area (Å²) in [5.41, 5.74) is 8.95. The molecule has 3 aromatic rings. The molecule has 0 aliphatic heterocycles. The van der Waals surface area contributed by atoms with Crippen molar-refractivity contribution in [2.24, 2.45) is 0 Å². The Hall–Kier alpha value is -3.48. The Morgan fingerprint density at radius 3 is 2.44 bits per heavy atom. The molecular formula is C23H26F3N5O4S. The maximum atomic E-state index is 12.8. The second-order valence-corrected chi connectivity index (χ2v) is 10.6. The molecule has 3 N–H and O–H groups in total. The van der Waals surface area contributed by atoms with Crippen LogP contribution in [0.5, 0.6) is 0 Å². The van der Waals surface area contributed by atoms with Crippen molar-refractivity contribution >= 4 is 33.5 Å². The van der Waals surface area contributed by atoms with E-state index in [1.807, 2.05) is 6.92 Å². The van der Waals surface area contributed by atoms with Crippen molar-refractivity contribution in [3.05, 3.63) is 41.9 Å². The van der Waals surface area contributed by atoms with Gasteiger partial charge in [-0.3, -0.25) is 14.0 Å². The van der Waals surface area contributed by atoms with Crippen LogP contribution >= 0.6 is 0 Å². The zero-order valence-electron chi connectivity index (χ0n) is 19.7. The van der Waals surface area contributed by atoms with Crippen LogP contribution in [0.2, 0.25) is 0 Å². The summed E-state index contributed by atoms with van der Waals surface area (Å²) in [5, 5.41) is 3.05. The number of nitrogens with zero attached hydrogens (tertiary/aromatic N) is 3. The number of aromatic nitrogens is 3. The number of imidazole rings is 1. The number of hydrogen-bond acceptors (Lipinski definition) is 7. The highest BCUT2D eigenvalue weighted by Gasteiger charge is 2.25. The molecule has 0 spiro atoms. The van der Waals surface area contributed by atoms with Gasteiger partial charge in [0, 0.05) is 24.1 Å². The van der Waals surface area contributed by atoms with Gasteiger partial charge in [0.2, 0.25) is 6.29 Å². The lowest BCUT2D eigenvalue weighted by Crippen LogP contribution is -2.36. The quantitative estimate of drug-likeness (QED) is 0.498. The van der Waals surface area contributed by atoms with Crippen LogP contribution in [0.15, 0.2) is 35.5 Å². The monoisotopic (exact) mass is 525 g/mol. The van der Waals surface area contributed by atoms with Crippen LogP contribution in [0.3, 0.4) is 0 Å². The standard InChI is InChI=1S/C21H25N5O3S.C2HF3O/c1-13-8-9-15(30(2,28)29)10-16(13)18-11-23-20-19(22)25-17(12-26(18)20)21(27)24-14-6-4-3-5-7-14;3-2(4,5)1-6/h8-12,14H,3-7H2,1-2H3,(H2,22,25)(H,24,27);1H. The molecule has 1 aliphatic rings. The van der Waals surface area contributed by atoms with Gasteiger partial charge in [0.05, 0.1) is 16.8 Å². The molecule has 4 rings (SSSR count). The van der Waals surface area contributed by atoms with Crippen LogP contribution in [0, 0.1) is 6.92 Å². The normalized spacial score (nSPS) is 14.7. The number of carbonyl (C=O) groups excluding carboxylic acids is 2. The molecule has 2 heterocycles. The number of hydrogen-bond donors (Lipinski definition) is 2. The molecule has 0 bridgehead atoms. The van der Waals surface area contributed by atoms with E-state index in [2.05, 4.69) is 15.3 Å². The number of benzene rings is 1. The number of aryl methyl sites for hydroxylation is 1. The van der Waals surface area contributed by atoms with E-state index < -0.39 is 22.3 Å². The number of sulfone groups is 1. The van der Waals surface area contributed by atoms with E-state index >= 15 is 0 Å². The van der Waals surface area contributed by atoms with Crippen molar-refractivity contribution in [2.45, 2.75) is 56.1 Å². The molecule has 1 aliphatic carbocycles. The van der Waals surface area contributed by atoms with Gasteiger partial charge in [-0.1, -0.05) is 25.3 Å². The van der Waals surface area contributed by atoms with E-state index in [9.17, 15) is 26.4 Å². The molecular weight excluding hydrogens is 499 g/mol. The smallest absolute Gasteiger partial charge is 0.381 e. The van der Waals surface area contributed by atoms with E-state index in [-0.39, 0.29) is 28.4 Å². The topological polar surface area (TPSA) is 137 Å². The highest BCUT2D eigenvalue weighted by molar-refractivity contribution is 7.90. The van der Waals surface area contributed by atoms with Gasteiger partial charge in [0.25, 0.3) is 5.91 Å². The van der Waals surface area contributed by atoms with E-state index in [4.69, 9.17) is 10.5 Å². The largest absolute Gasteiger partial charge is 0.446 e. The molecule has 36 heavy (non-hydrogen) atoms. The number of alkyl halides is 3. The second kappa shape index (κ2) is 10.6. The molecule has 13 heteroatoms. The summed E-state index contributed by atoms with van der Waals surface area (Å²) in [6.45, 7) is 1.89. The summed E-state index contributed by atoms with van der Waals surface area (Å²) in [6, 6.07) is 5.11. The summed E-state index contributed by atoms with van der Waals surface area (Å²) >= 11 is 0. The first kappa shape index (κ1) is 27.1. The predicted molar refractivity (Wildman–Crippen MR) is 127 cm³/mol. The third-order valence-corrected chi connectivity index (χ3v) is 6.85. The zero-order valence-corrected chi connectivity index (χ0v) is 20.5. The van der Waals surface area contributed by atoms with Crippen LogP contribution in [-0.4, -0.2) is 53.5 Å². The molecule has 2 aromatic heterocycles. The maximum Gasteiger partial charge on any atom is 0.446 e. The Bertz CT molecular complexity index is 1380. The van der Waals surface area contributed by atoms with E-state index in [0.717, 1.165) is 31.2 Å². The first-order valence-electron chi connectivity index (χ1n) is 11.1. The van der Waals surface area contributed by atoms with Gasteiger partial charge in [-0.15, -0.1) is 0 Å². The van der Waals surface area contributed by atoms with E-state index in [0.29, 0.717) is 16.9 Å². The molecule has 0 radical (unpaired) electrons. The van der Waals surface area contributed by atoms with Crippen LogP contribution in [0.25, 0.3) is 16.9 Å². The number of halogens is 3. The van der Waals surface area contributed by atoms with Crippen molar-refractivity contribution in [3.63, 3.8) is 0 Å². The first-order valence-corrected chi connectivity index (χ1v) is 13.0. The highest BCUT2D eigenvalue weighted by atomic mass is 32.2. The molecule has 0 atom stereocenters. The van der Waals surface area contributed by atoms with Gasteiger partial charge in [-0.05, 0) is 37.5 Å². The number of carbonyl (C=O) groups is 2. The van der Waals surface area contributed by atoms with Crippen molar-refractivity contribution in [1.29, 1.82) is 0 Å². The third kappa shape index (κ3) is 6.59. The van der Waals surface area contributed by atoms with Crippen LogP contribution in [0.1, 0.15) is 48.2 Å². The number of anilines is 1. The minimum absolute atomic E-state index is 0.148. The number of nitrogens with one attached hydrogen (secondary N) is 1. The summed E-state index contributed by atoms with van der Waals surface area (Å²) in [7, 11) is -3.36. The van der Waals surface area contributed by atoms with Crippen molar-refractivity contribution in [3.8, 4) is 11.3 Å². The molecule has 0 unspecified atom stereocenters. The van der Waals surface area contributed by atoms with Gasteiger partial charge >= 0.3 is 6.18 Å². The predicted octanol–water partition coefficient (Wildman–Crippen LogP) is 3.50. The zero-order chi connectivity index (χ0) is 26.7. The lowest BCUT2D eigenvalue weighted by Gasteiger charge is -2.22. The number of nitrogen functional groups attached to an aromatic ring is 1. The minimum Gasteiger partial charge on any atom is -0.381 e. The summed E-state index contributed by atoms with van der Waals surface area (Å²) in [5.74, 6) is -0.119. The van der Waals surface area contributed by atoms with Crippen LogP contribution < -0.4 is 11.1 Å².